The van der Waals surface area contributed by atoms with Gasteiger partial charge in [-0.05, 0) is 43.8 Å². The molecule has 2 aromatic rings. The molecule has 0 saturated carbocycles. The van der Waals surface area contributed by atoms with E-state index in [1.54, 1.807) is 0 Å². The molecule has 0 aliphatic carbocycles. The van der Waals surface area contributed by atoms with Gasteiger partial charge in [-0.25, -0.2) is 4.98 Å². The fourth-order valence-corrected chi connectivity index (χ4v) is 2.46. The molecule has 2 heterocycles. The summed E-state index contributed by atoms with van der Waals surface area (Å²) in [5.41, 5.74) is 0. The van der Waals surface area contributed by atoms with Crippen molar-refractivity contribution in [1.82, 2.24) is 14.9 Å². The maximum atomic E-state index is 4.03. The number of rotatable bonds is 8. The lowest BCUT2D eigenvalue weighted by molar-refractivity contribution is 0.570. The normalized spacial score (nSPS) is 10.8. The first-order valence-corrected chi connectivity index (χ1v) is 7.02. The van der Waals surface area contributed by atoms with E-state index in [1.807, 2.05) is 30.1 Å². The predicted octanol–water partition coefficient (Wildman–Crippen LogP) is 2.56. The van der Waals surface area contributed by atoms with Crippen LogP contribution in [0.1, 0.15) is 17.7 Å². The molecular formula is C13H19N3S. The summed E-state index contributed by atoms with van der Waals surface area (Å²) in [7, 11) is 0. The largest absolute Gasteiger partial charge is 0.337 e. The van der Waals surface area contributed by atoms with Crippen LogP contribution in [0.2, 0.25) is 0 Å². The van der Waals surface area contributed by atoms with Crippen molar-refractivity contribution in [3.05, 3.63) is 41.1 Å². The van der Waals surface area contributed by atoms with Crippen molar-refractivity contribution in [2.75, 3.05) is 13.1 Å². The number of nitrogens with zero attached hydrogens (tertiary/aromatic N) is 2. The Morgan fingerprint density at radius 1 is 1.29 bits per heavy atom. The van der Waals surface area contributed by atoms with E-state index < -0.39 is 0 Å². The standard InChI is InChI=1S/C13H19N3S/c1(2-9-16-10-8-15-12-16)6-14-7-5-13-4-3-11-17-13/h3-4,8,10-12,14H,1-2,5-7,9H2. The van der Waals surface area contributed by atoms with Crippen LogP contribution in [0.4, 0.5) is 0 Å². The molecule has 92 valence electrons. The second-order valence-corrected chi connectivity index (χ2v) is 5.12. The number of imidazole rings is 1. The second-order valence-electron chi connectivity index (χ2n) is 4.09. The second kappa shape index (κ2) is 7.25. The Hall–Kier alpha value is -1.13. The maximum absolute atomic E-state index is 4.03. The number of thiophene rings is 1. The van der Waals surface area contributed by atoms with Crippen LogP contribution in [0.5, 0.6) is 0 Å². The average molecular weight is 249 g/mol. The monoisotopic (exact) mass is 249 g/mol. The highest BCUT2D eigenvalue weighted by molar-refractivity contribution is 7.09. The zero-order valence-electron chi connectivity index (χ0n) is 10.0. The topological polar surface area (TPSA) is 29.9 Å². The summed E-state index contributed by atoms with van der Waals surface area (Å²) >= 11 is 1.84. The van der Waals surface area contributed by atoms with E-state index >= 15 is 0 Å². The molecule has 17 heavy (non-hydrogen) atoms. The van der Waals surface area contributed by atoms with E-state index in [1.165, 1.54) is 17.7 Å². The van der Waals surface area contributed by atoms with Crippen molar-refractivity contribution in [2.45, 2.75) is 25.8 Å². The van der Waals surface area contributed by atoms with E-state index in [4.69, 9.17) is 0 Å². The summed E-state index contributed by atoms with van der Waals surface area (Å²) in [6.07, 6.45) is 9.32. The lowest BCUT2D eigenvalue weighted by Gasteiger charge is -2.04. The third-order valence-corrected chi connectivity index (χ3v) is 3.64. The van der Waals surface area contributed by atoms with Gasteiger partial charge < -0.3 is 9.88 Å². The van der Waals surface area contributed by atoms with Gasteiger partial charge >= 0.3 is 0 Å². The minimum atomic E-state index is 1.08. The molecule has 3 nitrogen and oxygen atoms in total. The molecule has 2 aromatic heterocycles. The summed E-state index contributed by atoms with van der Waals surface area (Å²) in [5, 5.41) is 5.62. The van der Waals surface area contributed by atoms with E-state index in [2.05, 4.69) is 32.4 Å². The highest BCUT2D eigenvalue weighted by Crippen LogP contribution is 2.07. The van der Waals surface area contributed by atoms with Gasteiger partial charge in [-0.3, -0.25) is 0 Å². The Morgan fingerprint density at radius 3 is 3.06 bits per heavy atom. The van der Waals surface area contributed by atoms with Crippen molar-refractivity contribution in [3.8, 4) is 0 Å². The van der Waals surface area contributed by atoms with Crippen molar-refractivity contribution < 1.29 is 0 Å². The van der Waals surface area contributed by atoms with Gasteiger partial charge in [0, 0.05) is 23.8 Å². The summed E-state index contributed by atoms with van der Waals surface area (Å²) in [6.45, 7) is 3.28. The summed E-state index contributed by atoms with van der Waals surface area (Å²) < 4.78 is 2.13. The Balaban J connectivity index is 1.44. The van der Waals surface area contributed by atoms with Gasteiger partial charge in [0.05, 0.1) is 6.33 Å². The molecule has 0 fully saturated rings. The third-order valence-electron chi connectivity index (χ3n) is 2.71. The Labute approximate surface area is 107 Å². The highest BCUT2D eigenvalue weighted by Gasteiger charge is 1.94. The quantitative estimate of drug-likeness (QED) is 0.729. The number of hydrogen-bond donors (Lipinski definition) is 1. The molecule has 0 amide bonds. The number of aryl methyl sites for hydroxylation is 1. The molecule has 0 aliphatic rings. The van der Waals surface area contributed by atoms with Gasteiger partial charge in [-0.1, -0.05) is 6.07 Å². The first kappa shape index (κ1) is 12.3. The van der Waals surface area contributed by atoms with Gasteiger partial charge in [-0.2, -0.15) is 0 Å². The molecule has 0 saturated heterocycles. The molecule has 0 aliphatic heterocycles. The minimum absolute atomic E-state index is 1.08. The first-order chi connectivity index (χ1) is 8.45. The summed E-state index contributed by atoms with van der Waals surface area (Å²) in [5.74, 6) is 0. The number of hydrogen-bond acceptors (Lipinski definition) is 3. The van der Waals surface area contributed by atoms with Gasteiger partial charge in [-0.15, -0.1) is 11.3 Å². The van der Waals surface area contributed by atoms with Gasteiger partial charge in [0.1, 0.15) is 0 Å². The van der Waals surface area contributed by atoms with Gasteiger partial charge in [0.15, 0.2) is 0 Å². The molecule has 0 aromatic carbocycles. The zero-order valence-corrected chi connectivity index (χ0v) is 10.8. The van der Waals surface area contributed by atoms with E-state index in [0.717, 1.165) is 26.1 Å². The number of unbranched alkanes of at least 4 members (excludes halogenated alkanes) is 1. The van der Waals surface area contributed by atoms with Crippen LogP contribution in [0.3, 0.4) is 0 Å². The average Bonchev–Trinajstić information content (AvgIpc) is 3.00. The Bertz CT molecular complexity index is 342. The van der Waals surface area contributed by atoms with Crippen molar-refractivity contribution in [1.29, 1.82) is 0 Å². The van der Waals surface area contributed by atoms with Crippen molar-refractivity contribution >= 4 is 11.3 Å². The SMILES string of the molecule is c1csc(CCNCCCCn2ccnc2)c1. The van der Waals surface area contributed by atoms with E-state index in [0.29, 0.717) is 0 Å². The van der Waals surface area contributed by atoms with E-state index in [-0.39, 0.29) is 0 Å². The van der Waals surface area contributed by atoms with Crippen LogP contribution in [0.25, 0.3) is 0 Å². The molecule has 0 spiro atoms. The lowest BCUT2D eigenvalue weighted by atomic mass is 10.3. The number of aromatic nitrogens is 2. The lowest BCUT2D eigenvalue weighted by Crippen LogP contribution is -2.18. The van der Waals surface area contributed by atoms with Crippen LogP contribution in [0.15, 0.2) is 36.2 Å². The Kier molecular flexibility index (Phi) is 5.26. The Morgan fingerprint density at radius 2 is 2.29 bits per heavy atom. The van der Waals surface area contributed by atoms with Crippen LogP contribution in [-0.4, -0.2) is 22.6 Å². The van der Waals surface area contributed by atoms with Gasteiger partial charge in [0.2, 0.25) is 0 Å². The van der Waals surface area contributed by atoms with Crippen LogP contribution in [0, 0.1) is 0 Å². The number of nitrogens with one attached hydrogen (secondary N) is 1. The molecule has 4 heteroatoms. The fourth-order valence-electron chi connectivity index (χ4n) is 1.75. The van der Waals surface area contributed by atoms with Crippen LogP contribution in [-0.2, 0) is 13.0 Å². The third kappa shape index (κ3) is 4.71. The molecular weight excluding hydrogens is 230 g/mol. The van der Waals surface area contributed by atoms with Gasteiger partial charge in [0.25, 0.3) is 0 Å². The summed E-state index contributed by atoms with van der Waals surface area (Å²) in [6, 6.07) is 4.32. The predicted molar refractivity (Wildman–Crippen MR) is 72.4 cm³/mol. The van der Waals surface area contributed by atoms with Crippen LogP contribution < -0.4 is 5.32 Å². The maximum Gasteiger partial charge on any atom is 0.0945 e. The zero-order chi connectivity index (χ0) is 11.8. The molecule has 0 bridgehead atoms. The fraction of sp³-hybridized carbons (Fsp3) is 0.462. The minimum Gasteiger partial charge on any atom is -0.337 e. The highest BCUT2D eigenvalue weighted by atomic mass is 32.1. The van der Waals surface area contributed by atoms with Crippen LogP contribution >= 0.6 is 11.3 Å². The van der Waals surface area contributed by atoms with Crippen molar-refractivity contribution in [3.63, 3.8) is 0 Å². The molecule has 0 radical (unpaired) electrons. The summed E-state index contributed by atoms with van der Waals surface area (Å²) in [4.78, 5) is 5.50. The smallest absolute Gasteiger partial charge is 0.0945 e. The molecule has 2 rings (SSSR count). The first-order valence-electron chi connectivity index (χ1n) is 6.14. The van der Waals surface area contributed by atoms with E-state index in [9.17, 15) is 0 Å². The molecule has 0 atom stereocenters. The molecule has 1 N–H and O–H groups in total. The van der Waals surface area contributed by atoms with Crippen molar-refractivity contribution in [2.24, 2.45) is 0 Å². The molecule has 0 unspecified atom stereocenters.